The number of carbonyl (C=O) groups is 1. The Morgan fingerprint density at radius 2 is 2.06 bits per heavy atom. The summed E-state index contributed by atoms with van der Waals surface area (Å²) in [5.74, 6) is 1.49. The van der Waals surface area contributed by atoms with Gasteiger partial charge in [0.25, 0.3) is 0 Å². The van der Waals surface area contributed by atoms with Crippen LogP contribution in [0, 0.1) is 11.8 Å². The second-order valence-electron chi connectivity index (χ2n) is 6.00. The summed E-state index contributed by atoms with van der Waals surface area (Å²) in [7, 11) is 0. The fourth-order valence-electron chi connectivity index (χ4n) is 2.86. The molecule has 2 saturated heterocycles. The number of hydrogen-bond acceptors (Lipinski definition) is 4. The molecule has 18 heavy (non-hydrogen) atoms. The monoisotopic (exact) mass is 254 g/mol. The van der Waals surface area contributed by atoms with Gasteiger partial charge in [-0.3, -0.25) is 9.69 Å². The molecule has 2 heterocycles. The number of nitrogens with one attached hydrogen (secondary N) is 1. The fourth-order valence-corrected chi connectivity index (χ4v) is 2.86. The number of esters is 1. The van der Waals surface area contributed by atoms with E-state index >= 15 is 0 Å². The van der Waals surface area contributed by atoms with E-state index in [2.05, 4.69) is 24.1 Å². The average Bonchev–Trinajstić information content (AvgIpc) is 2.76. The van der Waals surface area contributed by atoms with Gasteiger partial charge in [0.15, 0.2) is 0 Å². The molecule has 0 radical (unpaired) electrons. The van der Waals surface area contributed by atoms with Crippen LogP contribution in [0.3, 0.4) is 0 Å². The first-order valence-electron chi connectivity index (χ1n) is 7.28. The maximum atomic E-state index is 11.5. The van der Waals surface area contributed by atoms with Crippen molar-refractivity contribution in [2.24, 2.45) is 11.8 Å². The predicted octanol–water partition coefficient (Wildman–Crippen LogP) is 1.26. The summed E-state index contributed by atoms with van der Waals surface area (Å²) in [6, 6.07) is 0.0505. The number of hydrogen-bond donors (Lipinski definition) is 1. The van der Waals surface area contributed by atoms with Crippen LogP contribution >= 0.6 is 0 Å². The van der Waals surface area contributed by atoms with Crippen LogP contribution in [0.5, 0.6) is 0 Å². The van der Waals surface area contributed by atoms with Gasteiger partial charge >= 0.3 is 5.97 Å². The van der Waals surface area contributed by atoms with Gasteiger partial charge in [-0.1, -0.05) is 13.8 Å². The zero-order chi connectivity index (χ0) is 13.0. The minimum Gasteiger partial charge on any atom is -0.464 e. The Balaban J connectivity index is 1.66. The van der Waals surface area contributed by atoms with Crippen LogP contribution in [-0.4, -0.2) is 49.7 Å². The van der Waals surface area contributed by atoms with Gasteiger partial charge in [-0.15, -0.1) is 0 Å². The highest BCUT2D eigenvalue weighted by Gasteiger charge is 2.34. The maximum absolute atomic E-state index is 11.5. The van der Waals surface area contributed by atoms with E-state index in [1.54, 1.807) is 0 Å². The first-order chi connectivity index (χ1) is 8.66. The first kappa shape index (κ1) is 13.8. The van der Waals surface area contributed by atoms with Crippen molar-refractivity contribution in [3.63, 3.8) is 0 Å². The third-order valence-corrected chi connectivity index (χ3v) is 3.98. The van der Waals surface area contributed by atoms with E-state index in [1.165, 1.54) is 12.8 Å². The Labute approximate surface area is 110 Å². The summed E-state index contributed by atoms with van der Waals surface area (Å²) >= 11 is 0. The van der Waals surface area contributed by atoms with E-state index in [0.29, 0.717) is 6.61 Å². The molecule has 2 fully saturated rings. The van der Waals surface area contributed by atoms with Crippen molar-refractivity contribution in [3.05, 3.63) is 0 Å². The molecule has 0 spiro atoms. The molecule has 2 aliphatic rings. The van der Waals surface area contributed by atoms with Gasteiger partial charge < -0.3 is 10.1 Å². The Bertz CT molecular complexity index is 273. The standard InChI is InChI=1S/C14H26N2O2/c1-11(2)9-15-10-12-3-6-16(7-4-12)13-5-8-18-14(13)17/h11-13,15H,3-10H2,1-2H3. The van der Waals surface area contributed by atoms with Gasteiger partial charge in [0.2, 0.25) is 0 Å². The number of carbonyl (C=O) groups excluding carboxylic acids is 1. The molecular weight excluding hydrogens is 228 g/mol. The Kier molecular flexibility index (Phi) is 5.01. The molecule has 104 valence electrons. The predicted molar refractivity (Wildman–Crippen MR) is 71.4 cm³/mol. The minimum absolute atomic E-state index is 0.00798. The van der Waals surface area contributed by atoms with Crippen molar-refractivity contribution in [2.75, 3.05) is 32.8 Å². The molecule has 0 bridgehead atoms. The lowest BCUT2D eigenvalue weighted by Gasteiger charge is -2.34. The van der Waals surface area contributed by atoms with Crippen LogP contribution in [0.2, 0.25) is 0 Å². The number of ether oxygens (including phenoxy) is 1. The normalized spacial score (nSPS) is 26.8. The number of likely N-dealkylation sites (tertiary alicyclic amines) is 1. The van der Waals surface area contributed by atoms with Crippen molar-refractivity contribution in [1.82, 2.24) is 10.2 Å². The number of cyclic esters (lactones) is 1. The number of piperidine rings is 1. The highest BCUT2D eigenvalue weighted by molar-refractivity contribution is 5.77. The number of nitrogens with zero attached hydrogens (tertiary/aromatic N) is 1. The Morgan fingerprint density at radius 1 is 1.33 bits per heavy atom. The molecule has 0 aromatic heterocycles. The van der Waals surface area contributed by atoms with E-state index in [4.69, 9.17) is 4.74 Å². The quantitative estimate of drug-likeness (QED) is 0.750. The van der Waals surface area contributed by atoms with Crippen LogP contribution < -0.4 is 5.32 Å². The molecule has 2 aliphatic heterocycles. The lowest BCUT2D eigenvalue weighted by Crippen LogP contribution is -2.45. The van der Waals surface area contributed by atoms with Crippen molar-refractivity contribution in [2.45, 2.75) is 39.2 Å². The molecule has 0 aliphatic carbocycles. The van der Waals surface area contributed by atoms with Crippen LogP contribution in [0.1, 0.15) is 33.1 Å². The summed E-state index contributed by atoms with van der Waals surface area (Å²) in [5.41, 5.74) is 0. The summed E-state index contributed by atoms with van der Waals surface area (Å²) in [6.07, 6.45) is 3.29. The second kappa shape index (κ2) is 6.53. The summed E-state index contributed by atoms with van der Waals surface area (Å²) in [6.45, 7) is 9.42. The summed E-state index contributed by atoms with van der Waals surface area (Å²) in [4.78, 5) is 13.8. The summed E-state index contributed by atoms with van der Waals surface area (Å²) in [5, 5.41) is 3.54. The smallest absolute Gasteiger partial charge is 0.323 e. The van der Waals surface area contributed by atoms with Gasteiger partial charge in [0, 0.05) is 6.42 Å². The molecule has 0 aromatic carbocycles. The molecule has 4 heteroatoms. The van der Waals surface area contributed by atoms with E-state index in [0.717, 1.165) is 44.4 Å². The average molecular weight is 254 g/mol. The molecule has 0 saturated carbocycles. The number of rotatable bonds is 5. The zero-order valence-electron chi connectivity index (χ0n) is 11.7. The molecule has 2 rings (SSSR count). The third-order valence-electron chi connectivity index (χ3n) is 3.98. The molecule has 0 aromatic rings. The summed E-state index contributed by atoms with van der Waals surface area (Å²) < 4.78 is 5.04. The minimum atomic E-state index is -0.00798. The maximum Gasteiger partial charge on any atom is 0.323 e. The van der Waals surface area contributed by atoms with E-state index < -0.39 is 0 Å². The van der Waals surface area contributed by atoms with Crippen LogP contribution in [0.25, 0.3) is 0 Å². The van der Waals surface area contributed by atoms with E-state index in [1.807, 2.05) is 0 Å². The Morgan fingerprint density at radius 3 is 2.61 bits per heavy atom. The van der Waals surface area contributed by atoms with Crippen molar-refractivity contribution in [3.8, 4) is 0 Å². The fraction of sp³-hybridized carbons (Fsp3) is 0.929. The van der Waals surface area contributed by atoms with Gasteiger partial charge in [-0.2, -0.15) is 0 Å². The highest BCUT2D eigenvalue weighted by Crippen LogP contribution is 2.22. The lowest BCUT2D eigenvalue weighted by atomic mass is 9.95. The van der Waals surface area contributed by atoms with E-state index in [9.17, 15) is 4.79 Å². The van der Waals surface area contributed by atoms with E-state index in [-0.39, 0.29) is 12.0 Å². The van der Waals surface area contributed by atoms with Gasteiger partial charge in [0.05, 0.1) is 6.61 Å². The second-order valence-corrected chi connectivity index (χ2v) is 6.00. The van der Waals surface area contributed by atoms with Crippen molar-refractivity contribution in [1.29, 1.82) is 0 Å². The molecule has 1 atom stereocenters. The zero-order valence-corrected chi connectivity index (χ0v) is 11.7. The van der Waals surface area contributed by atoms with Gasteiger partial charge in [0.1, 0.15) is 6.04 Å². The van der Waals surface area contributed by atoms with Crippen LogP contribution in [0.15, 0.2) is 0 Å². The third kappa shape index (κ3) is 3.69. The van der Waals surface area contributed by atoms with Crippen LogP contribution in [0.4, 0.5) is 0 Å². The molecule has 0 amide bonds. The van der Waals surface area contributed by atoms with Crippen molar-refractivity contribution >= 4 is 5.97 Å². The molecular formula is C14H26N2O2. The van der Waals surface area contributed by atoms with Crippen LogP contribution in [-0.2, 0) is 9.53 Å². The van der Waals surface area contributed by atoms with Gasteiger partial charge in [-0.25, -0.2) is 0 Å². The molecule has 4 nitrogen and oxygen atoms in total. The topological polar surface area (TPSA) is 41.6 Å². The van der Waals surface area contributed by atoms with Crippen molar-refractivity contribution < 1.29 is 9.53 Å². The molecule has 1 unspecified atom stereocenters. The largest absolute Gasteiger partial charge is 0.464 e. The SMILES string of the molecule is CC(C)CNCC1CCN(C2CCOC2=O)CC1. The van der Waals surface area contributed by atoms with Gasteiger partial charge in [-0.05, 0) is 50.9 Å². The molecule has 1 N–H and O–H groups in total. The first-order valence-corrected chi connectivity index (χ1v) is 7.28. The Hall–Kier alpha value is -0.610. The highest BCUT2D eigenvalue weighted by atomic mass is 16.5. The lowest BCUT2D eigenvalue weighted by molar-refractivity contribution is -0.142.